The first kappa shape index (κ1) is 15.8. The molecule has 1 aromatic carbocycles. The Morgan fingerprint density at radius 3 is 2.06 bits per heavy atom. The molecule has 0 aliphatic rings. The lowest BCUT2D eigenvalue weighted by atomic mass is 10.1. The fraction of sp³-hybridized carbons (Fsp3) is 0.222. The molecule has 0 heterocycles. The minimum Gasteiger partial charge on any atom is -0.480 e. The molecule has 0 saturated carbocycles. The van der Waals surface area contributed by atoms with E-state index < -0.39 is 19.8 Å². The zero-order valence-corrected chi connectivity index (χ0v) is 9.83. The lowest BCUT2D eigenvalue weighted by Crippen LogP contribution is -2.32. The maximum absolute atomic E-state index is 10.4. The largest absolute Gasteiger partial charge is 0.480 e. The van der Waals surface area contributed by atoms with Gasteiger partial charge in [-0.15, -0.1) is 0 Å². The summed E-state index contributed by atoms with van der Waals surface area (Å²) < 4.78 is 9.10. The van der Waals surface area contributed by atoms with Crippen LogP contribution in [0.2, 0.25) is 0 Å². The molecule has 0 aliphatic carbocycles. The second-order valence-corrected chi connectivity index (χ2v) is 4.40. The number of hydrogen-bond donors (Lipinski definition) is 5. The van der Waals surface area contributed by atoms with Gasteiger partial charge in [-0.25, -0.2) is 10.1 Å². The summed E-state index contributed by atoms with van der Waals surface area (Å²) in [7, 11) is -4.14. The lowest BCUT2D eigenvalue weighted by molar-refractivity contribution is -0.138. The maximum Gasteiger partial charge on any atom is 0.397 e. The number of rotatable bonds is 3. The van der Waals surface area contributed by atoms with Crippen LogP contribution in [-0.4, -0.2) is 26.9 Å². The van der Waals surface area contributed by atoms with Crippen molar-refractivity contribution in [3.05, 3.63) is 35.9 Å². The van der Waals surface area contributed by atoms with Crippen LogP contribution in [0.15, 0.2) is 30.3 Å². The molecule has 0 radical (unpaired) electrons. The second kappa shape index (κ2) is 7.16. The Bertz CT molecular complexity index is 383. The van der Waals surface area contributed by atoms with Crippen molar-refractivity contribution in [2.45, 2.75) is 12.5 Å². The van der Waals surface area contributed by atoms with Crippen molar-refractivity contribution in [3.63, 3.8) is 0 Å². The normalized spacial score (nSPS) is 12.2. The van der Waals surface area contributed by atoms with Gasteiger partial charge in [0.1, 0.15) is 6.04 Å². The molecule has 7 nitrogen and oxygen atoms in total. The fourth-order valence-electron chi connectivity index (χ4n) is 0.955. The molecule has 0 aliphatic heterocycles. The van der Waals surface area contributed by atoms with Crippen LogP contribution in [0.1, 0.15) is 5.56 Å². The number of carbonyl (C=O) groups is 1. The van der Waals surface area contributed by atoms with Crippen molar-refractivity contribution in [2.75, 3.05) is 0 Å². The molecule has 1 aromatic rings. The van der Waals surface area contributed by atoms with Gasteiger partial charge in [0.25, 0.3) is 0 Å². The average molecular weight is 262 g/mol. The van der Waals surface area contributed by atoms with Gasteiger partial charge < -0.3 is 20.6 Å². The standard InChI is InChI=1S/C9H11NO2.H4NO3P/c10-8(9(11)12)6-7-4-2-1-3-5-7;1-5(2,3)4/h1-5,8H,6,10H2,(H,11,12);(H4,1,2,3,4)/t8-;/m0./s1. The van der Waals surface area contributed by atoms with E-state index in [1.54, 1.807) is 0 Å². The Labute approximate surface area is 98.3 Å². The average Bonchev–Trinajstić information content (AvgIpc) is 2.16. The highest BCUT2D eigenvalue weighted by molar-refractivity contribution is 7.49. The van der Waals surface area contributed by atoms with Gasteiger partial charge >= 0.3 is 13.7 Å². The molecule has 1 atom stereocenters. The second-order valence-electron chi connectivity index (χ2n) is 3.22. The maximum atomic E-state index is 10.4. The van der Waals surface area contributed by atoms with Gasteiger partial charge in [-0.1, -0.05) is 30.3 Å². The number of aliphatic carboxylic acids is 1. The number of carboxylic acids is 1. The first-order valence-corrected chi connectivity index (χ1v) is 6.24. The van der Waals surface area contributed by atoms with E-state index in [1.807, 2.05) is 30.3 Å². The lowest BCUT2D eigenvalue weighted by Gasteiger charge is -2.04. The molecule has 0 spiro atoms. The van der Waals surface area contributed by atoms with Gasteiger partial charge in [0, 0.05) is 0 Å². The van der Waals surface area contributed by atoms with Gasteiger partial charge in [0.05, 0.1) is 0 Å². The summed E-state index contributed by atoms with van der Waals surface area (Å²) in [4.78, 5) is 25.2. The number of hydrogen-bond acceptors (Lipinski definition) is 3. The quantitative estimate of drug-likeness (QED) is 0.469. The summed E-state index contributed by atoms with van der Waals surface area (Å²) in [5, 5.41) is 8.52. The summed E-state index contributed by atoms with van der Waals surface area (Å²) in [6.07, 6.45) is 0.385. The smallest absolute Gasteiger partial charge is 0.397 e. The monoisotopic (exact) mass is 262 g/mol. The van der Waals surface area contributed by atoms with E-state index in [4.69, 9.17) is 25.2 Å². The van der Waals surface area contributed by atoms with Crippen LogP contribution < -0.4 is 11.2 Å². The minimum absolute atomic E-state index is 0.385. The Balaban J connectivity index is 0.000000437. The Kier molecular flexibility index (Phi) is 6.64. The van der Waals surface area contributed by atoms with Crippen LogP contribution in [-0.2, 0) is 15.8 Å². The van der Waals surface area contributed by atoms with Crippen molar-refractivity contribution in [2.24, 2.45) is 11.2 Å². The van der Waals surface area contributed by atoms with Crippen LogP contribution in [0.4, 0.5) is 0 Å². The van der Waals surface area contributed by atoms with Crippen LogP contribution >= 0.6 is 7.75 Å². The van der Waals surface area contributed by atoms with E-state index in [9.17, 15) is 4.79 Å². The fourth-order valence-corrected chi connectivity index (χ4v) is 0.955. The first-order chi connectivity index (χ1) is 7.70. The van der Waals surface area contributed by atoms with Crippen LogP contribution in [0.3, 0.4) is 0 Å². The summed E-state index contributed by atoms with van der Waals surface area (Å²) in [6.45, 7) is 0. The van der Waals surface area contributed by atoms with E-state index in [-0.39, 0.29) is 0 Å². The van der Waals surface area contributed by atoms with Gasteiger partial charge in [-0.3, -0.25) is 4.79 Å². The highest BCUT2D eigenvalue weighted by Crippen LogP contribution is 2.20. The zero-order valence-electron chi connectivity index (χ0n) is 8.93. The van der Waals surface area contributed by atoms with E-state index in [1.165, 1.54) is 0 Å². The molecule has 0 saturated heterocycles. The molecule has 8 heteroatoms. The van der Waals surface area contributed by atoms with Crippen LogP contribution in [0, 0.1) is 0 Å². The highest BCUT2D eigenvalue weighted by atomic mass is 31.2. The van der Waals surface area contributed by atoms with Crippen molar-refractivity contribution in [1.29, 1.82) is 0 Å². The Hall–Kier alpha value is -1.24. The van der Waals surface area contributed by atoms with Crippen molar-refractivity contribution in [3.8, 4) is 0 Å². The summed E-state index contributed by atoms with van der Waals surface area (Å²) >= 11 is 0. The Morgan fingerprint density at radius 2 is 1.71 bits per heavy atom. The van der Waals surface area contributed by atoms with E-state index in [2.05, 4.69) is 5.50 Å². The summed E-state index contributed by atoms with van der Waals surface area (Å²) in [6, 6.07) is 8.54. The molecule has 0 amide bonds. The zero-order chi connectivity index (χ0) is 13.5. The van der Waals surface area contributed by atoms with Gasteiger partial charge in [0.2, 0.25) is 0 Å². The van der Waals surface area contributed by atoms with E-state index in [0.717, 1.165) is 5.56 Å². The summed E-state index contributed by atoms with van der Waals surface area (Å²) in [5.74, 6) is -0.959. The molecule has 0 aromatic heterocycles. The number of benzene rings is 1. The van der Waals surface area contributed by atoms with E-state index >= 15 is 0 Å². The third-order valence-electron chi connectivity index (χ3n) is 1.62. The topological polar surface area (TPSA) is 147 Å². The van der Waals surface area contributed by atoms with Gasteiger partial charge in [-0.05, 0) is 12.0 Å². The van der Waals surface area contributed by atoms with Crippen LogP contribution in [0.5, 0.6) is 0 Å². The number of carboxylic acid groups (broad SMARTS) is 1. The molecule has 0 fully saturated rings. The van der Waals surface area contributed by atoms with E-state index in [0.29, 0.717) is 6.42 Å². The molecular formula is C9H15N2O5P. The predicted octanol–water partition coefficient (Wildman–Crippen LogP) is -0.321. The molecule has 7 N–H and O–H groups in total. The van der Waals surface area contributed by atoms with Gasteiger partial charge in [-0.2, -0.15) is 0 Å². The molecule has 96 valence electrons. The molecular weight excluding hydrogens is 247 g/mol. The summed E-state index contributed by atoms with van der Waals surface area (Å²) in [5.41, 5.74) is 10.3. The molecule has 0 unspecified atom stereocenters. The third kappa shape index (κ3) is 11.0. The molecule has 17 heavy (non-hydrogen) atoms. The third-order valence-corrected chi connectivity index (χ3v) is 1.62. The first-order valence-electron chi connectivity index (χ1n) is 4.56. The number of nitrogens with two attached hydrogens (primary N) is 2. The highest BCUT2D eigenvalue weighted by Gasteiger charge is 2.10. The Morgan fingerprint density at radius 1 is 1.29 bits per heavy atom. The molecule has 0 bridgehead atoms. The van der Waals surface area contributed by atoms with Crippen molar-refractivity contribution >= 4 is 13.7 Å². The van der Waals surface area contributed by atoms with Crippen LogP contribution in [0.25, 0.3) is 0 Å². The minimum atomic E-state index is -4.14. The van der Waals surface area contributed by atoms with Crippen molar-refractivity contribution < 1.29 is 24.3 Å². The van der Waals surface area contributed by atoms with Gasteiger partial charge in [0.15, 0.2) is 0 Å². The van der Waals surface area contributed by atoms with Crippen molar-refractivity contribution in [1.82, 2.24) is 0 Å². The SMILES string of the molecule is NP(=O)(O)O.N[C@@H](Cc1ccccc1)C(=O)O. The molecule has 1 rings (SSSR count). The predicted molar refractivity (Wildman–Crippen MR) is 62.0 cm³/mol.